The lowest BCUT2D eigenvalue weighted by Gasteiger charge is -2.33. The van der Waals surface area contributed by atoms with Crippen LogP contribution in [-0.2, 0) is 6.42 Å². The topological polar surface area (TPSA) is 29.3 Å². The summed E-state index contributed by atoms with van der Waals surface area (Å²) >= 11 is 0. The molecule has 1 aromatic rings. The predicted octanol–water partition coefficient (Wildman–Crippen LogP) is 3.07. The Bertz CT molecular complexity index is 352. The lowest BCUT2D eigenvalue weighted by Crippen LogP contribution is -2.33. The number of piperidine rings is 1. The fourth-order valence-corrected chi connectivity index (χ4v) is 2.36. The third-order valence-electron chi connectivity index (χ3n) is 3.62. The van der Waals surface area contributed by atoms with Crippen LogP contribution in [0.5, 0.6) is 0 Å². The van der Waals surface area contributed by atoms with Crippen molar-refractivity contribution >= 4 is 11.4 Å². The number of anilines is 2. The van der Waals surface area contributed by atoms with Crippen LogP contribution in [0.2, 0.25) is 0 Å². The third-order valence-corrected chi connectivity index (χ3v) is 3.62. The van der Waals surface area contributed by atoms with Crippen molar-refractivity contribution in [1.82, 2.24) is 0 Å². The lowest BCUT2D eigenvalue weighted by atomic mass is 9.98. The van der Waals surface area contributed by atoms with Gasteiger partial charge in [0.15, 0.2) is 0 Å². The lowest BCUT2D eigenvalue weighted by molar-refractivity contribution is 0.438. The molecule has 0 saturated carbocycles. The molecule has 1 aliphatic rings. The van der Waals surface area contributed by atoms with E-state index in [2.05, 4.69) is 36.9 Å². The summed E-state index contributed by atoms with van der Waals surface area (Å²) in [5, 5.41) is 0. The molecule has 0 amide bonds. The van der Waals surface area contributed by atoms with Gasteiger partial charge >= 0.3 is 0 Å². The molecular weight excluding hydrogens is 196 g/mol. The van der Waals surface area contributed by atoms with E-state index in [-0.39, 0.29) is 0 Å². The molecule has 0 aliphatic carbocycles. The Balaban J connectivity index is 2.14. The summed E-state index contributed by atoms with van der Waals surface area (Å²) in [5.74, 6) is 0.868. The second-order valence-electron chi connectivity index (χ2n) is 4.92. The van der Waals surface area contributed by atoms with Crippen LogP contribution >= 0.6 is 0 Å². The summed E-state index contributed by atoms with van der Waals surface area (Å²) in [4.78, 5) is 2.43. The molecule has 0 radical (unpaired) electrons. The van der Waals surface area contributed by atoms with Crippen molar-refractivity contribution in [3.8, 4) is 0 Å². The minimum atomic E-state index is 0.868. The Morgan fingerprint density at radius 3 is 2.56 bits per heavy atom. The average Bonchev–Trinajstić information content (AvgIpc) is 2.30. The summed E-state index contributed by atoms with van der Waals surface area (Å²) in [6.45, 7) is 6.80. The average molecular weight is 218 g/mol. The van der Waals surface area contributed by atoms with Crippen molar-refractivity contribution in [3.05, 3.63) is 23.8 Å². The zero-order chi connectivity index (χ0) is 11.5. The summed E-state index contributed by atoms with van der Waals surface area (Å²) < 4.78 is 0. The first-order chi connectivity index (χ1) is 7.70. The summed E-state index contributed by atoms with van der Waals surface area (Å²) in [7, 11) is 0. The van der Waals surface area contributed by atoms with Crippen LogP contribution in [0, 0.1) is 5.92 Å². The Labute approximate surface area is 98.4 Å². The van der Waals surface area contributed by atoms with Crippen molar-refractivity contribution in [1.29, 1.82) is 0 Å². The minimum absolute atomic E-state index is 0.868. The molecule has 1 fully saturated rings. The fourth-order valence-electron chi connectivity index (χ4n) is 2.36. The first-order valence-corrected chi connectivity index (χ1v) is 6.34. The molecule has 2 nitrogen and oxygen atoms in total. The highest BCUT2D eigenvalue weighted by Crippen LogP contribution is 2.28. The number of rotatable bonds is 2. The van der Waals surface area contributed by atoms with E-state index >= 15 is 0 Å². The first kappa shape index (κ1) is 11.3. The van der Waals surface area contributed by atoms with E-state index in [1.807, 2.05) is 0 Å². The number of nitrogens with two attached hydrogens (primary N) is 1. The zero-order valence-corrected chi connectivity index (χ0v) is 10.4. The fraction of sp³-hybridized carbons (Fsp3) is 0.571. The van der Waals surface area contributed by atoms with Gasteiger partial charge in [-0.3, -0.25) is 0 Å². The van der Waals surface area contributed by atoms with E-state index in [1.54, 1.807) is 0 Å². The number of benzene rings is 1. The Kier molecular flexibility index (Phi) is 3.37. The van der Waals surface area contributed by atoms with Crippen LogP contribution in [0.1, 0.15) is 32.3 Å². The molecular formula is C14H22N2. The highest BCUT2D eigenvalue weighted by Gasteiger charge is 2.17. The van der Waals surface area contributed by atoms with E-state index in [9.17, 15) is 0 Å². The van der Waals surface area contributed by atoms with E-state index < -0.39 is 0 Å². The molecule has 1 aromatic carbocycles. The Morgan fingerprint density at radius 2 is 2.00 bits per heavy atom. The molecule has 88 valence electrons. The maximum atomic E-state index is 6.12. The monoisotopic (exact) mass is 218 g/mol. The third kappa shape index (κ3) is 2.31. The molecule has 0 atom stereocenters. The molecule has 0 aromatic heterocycles. The van der Waals surface area contributed by atoms with Gasteiger partial charge in [0.2, 0.25) is 0 Å². The quantitative estimate of drug-likeness (QED) is 0.773. The zero-order valence-electron chi connectivity index (χ0n) is 10.4. The SMILES string of the molecule is CCc1ccc(N2CCC(C)CC2)c(N)c1. The predicted molar refractivity (Wildman–Crippen MR) is 70.8 cm³/mol. The second kappa shape index (κ2) is 4.77. The Hall–Kier alpha value is -1.18. The normalized spacial score (nSPS) is 17.8. The van der Waals surface area contributed by atoms with Crippen molar-refractivity contribution in [3.63, 3.8) is 0 Å². The standard InChI is InChI=1S/C14H22N2/c1-3-12-4-5-14(13(15)10-12)16-8-6-11(2)7-9-16/h4-5,10-11H,3,6-9,15H2,1-2H3. The molecule has 2 heteroatoms. The van der Waals surface area contributed by atoms with Gasteiger partial charge in [0.25, 0.3) is 0 Å². The number of hydrogen-bond acceptors (Lipinski definition) is 2. The van der Waals surface area contributed by atoms with E-state index in [0.717, 1.165) is 31.1 Å². The van der Waals surface area contributed by atoms with Crippen LogP contribution in [0.3, 0.4) is 0 Å². The molecule has 2 rings (SSSR count). The molecule has 2 N–H and O–H groups in total. The number of aryl methyl sites for hydroxylation is 1. The van der Waals surface area contributed by atoms with Gasteiger partial charge < -0.3 is 10.6 Å². The summed E-state index contributed by atoms with van der Waals surface area (Å²) in [6.07, 6.45) is 3.63. The molecule has 16 heavy (non-hydrogen) atoms. The van der Waals surface area contributed by atoms with Gasteiger partial charge in [0, 0.05) is 13.1 Å². The maximum absolute atomic E-state index is 6.12. The van der Waals surface area contributed by atoms with Crippen LogP contribution < -0.4 is 10.6 Å². The van der Waals surface area contributed by atoms with Gasteiger partial charge in [-0.15, -0.1) is 0 Å². The Morgan fingerprint density at radius 1 is 1.31 bits per heavy atom. The highest BCUT2D eigenvalue weighted by atomic mass is 15.1. The van der Waals surface area contributed by atoms with Crippen LogP contribution in [0.25, 0.3) is 0 Å². The first-order valence-electron chi connectivity index (χ1n) is 6.34. The van der Waals surface area contributed by atoms with Crippen LogP contribution in [0.4, 0.5) is 11.4 Å². The number of hydrogen-bond donors (Lipinski definition) is 1. The molecule has 0 spiro atoms. The van der Waals surface area contributed by atoms with Crippen molar-refractivity contribution in [2.75, 3.05) is 23.7 Å². The molecule has 0 bridgehead atoms. The van der Waals surface area contributed by atoms with E-state index in [0.29, 0.717) is 0 Å². The van der Waals surface area contributed by atoms with Gasteiger partial charge in [-0.25, -0.2) is 0 Å². The van der Waals surface area contributed by atoms with Crippen LogP contribution in [-0.4, -0.2) is 13.1 Å². The molecule has 1 heterocycles. The number of nitrogens with zero attached hydrogens (tertiary/aromatic N) is 1. The van der Waals surface area contributed by atoms with Crippen molar-refractivity contribution in [2.45, 2.75) is 33.1 Å². The summed E-state index contributed by atoms with van der Waals surface area (Å²) in [5.41, 5.74) is 9.61. The number of nitrogen functional groups attached to an aromatic ring is 1. The van der Waals surface area contributed by atoms with Crippen LogP contribution in [0.15, 0.2) is 18.2 Å². The maximum Gasteiger partial charge on any atom is 0.0600 e. The summed E-state index contributed by atoms with van der Waals surface area (Å²) in [6, 6.07) is 6.50. The largest absolute Gasteiger partial charge is 0.397 e. The highest BCUT2D eigenvalue weighted by molar-refractivity contribution is 5.68. The molecule has 1 aliphatic heterocycles. The van der Waals surface area contributed by atoms with Gasteiger partial charge in [-0.1, -0.05) is 19.9 Å². The van der Waals surface area contributed by atoms with Gasteiger partial charge in [0.1, 0.15) is 0 Å². The van der Waals surface area contributed by atoms with E-state index in [1.165, 1.54) is 24.1 Å². The molecule has 1 saturated heterocycles. The van der Waals surface area contributed by atoms with Crippen molar-refractivity contribution < 1.29 is 0 Å². The van der Waals surface area contributed by atoms with Gasteiger partial charge in [-0.05, 0) is 42.9 Å². The molecule has 0 unspecified atom stereocenters. The van der Waals surface area contributed by atoms with Crippen molar-refractivity contribution in [2.24, 2.45) is 5.92 Å². The van der Waals surface area contributed by atoms with E-state index in [4.69, 9.17) is 5.73 Å². The smallest absolute Gasteiger partial charge is 0.0600 e. The second-order valence-corrected chi connectivity index (χ2v) is 4.92. The van der Waals surface area contributed by atoms with Gasteiger partial charge in [-0.2, -0.15) is 0 Å². The minimum Gasteiger partial charge on any atom is -0.397 e. The van der Waals surface area contributed by atoms with Gasteiger partial charge in [0.05, 0.1) is 11.4 Å².